The fourth-order valence-electron chi connectivity index (χ4n) is 3.58. The molecule has 1 aromatic carbocycles. The van der Waals surface area contributed by atoms with Gasteiger partial charge in [0.15, 0.2) is 6.61 Å². The van der Waals surface area contributed by atoms with Crippen molar-refractivity contribution in [2.75, 3.05) is 19.7 Å². The van der Waals surface area contributed by atoms with Crippen LogP contribution in [0.15, 0.2) is 35.7 Å². The summed E-state index contributed by atoms with van der Waals surface area (Å²) in [5.41, 5.74) is 3.00. The van der Waals surface area contributed by atoms with Crippen LogP contribution in [0.2, 0.25) is 0 Å². The molecule has 4 nitrogen and oxygen atoms in total. The summed E-state index contributed by atoms with van der Waals surface area (Å²) in [6, 6.07) is 9.95. The maximum atomic E-state index is 12.5. The molecule has 1 amide bonds. The highest BCUT2D eigenvalue weighted by Crippen LogP contribution is 2.29. The fourth-order valence-corrected chi connectivity index (χ4v) is 4.39. The highest BCUT2D eigenvalue weighted by atomic mass is 32.1. The minimum Gasteiger partial charge on any atom is -0.451 e. The van der Waals surface area contributed by atoms with Crippen molar-refractivity contribution >= 4 is 23.2 Å². The van der Waals surface area contributed by atoms with Crippen molar-refractivity contribution in [3.05, 3.63) is 46.2 Å². The number of carbonyl (C=O) groups is 2. The number of hydrogen-bond donors (Lipinski definition) is 0. The SMILES string of the molecule is Cc1ccc(-c2ccsc2C(=O)OCC(=O)N2C[C@@H](C)C[C@H](C)C2)cc1. The summed E-state index contributed by atoms with van der Waals surface area (Å²) < 4.78 is 5.34. The van der Waals surface area contributed by atoms with E-state index in [2.05, 4.69) is 13.8 Å². The summed E-state index contributed by atoms with van der Waals surface area (Å²) in [7, 11) is 0. The molecule has 1 aliphatic rings. The molecule has 0 unspecified atom stereocenters. The van der Waals surface area contributed by atoms with Crippen molar-refractivity contribution in [1.82, 2.24) is 4.90 Å². The zero-order valence-corrected chi connectivity index (χ0v) is 16.3. The highest BCUT2D eigenvalue weighted by molar-refractivity contribution is 7.12. The van der Waals surface area contributed by atoms with E-state index in [1.807, 2.05) is 47.5 Å². The van der Waals surface area contributed by atoms with Crippen LogP contribution in [-0.2, 0) is 9.53 Å². The third kappa shape index (κ3) is 4.33. The monoisotopic (exact) mass is 371 g/mol. The predicted octanol–water partition coefficient (Wildman–Crippen LogP) is 4.38. The normalized spacial score (nSPS) is 20.0. The summed E-state index contributed by atoms with van der Waals surface area (Å²) in [6.07, 6.45) is 1.14. The Kier molecular flexibility index (Phi) is 5.77. The fraction of sp³-hybridized carbons (Fsp3) is 0.429. The molecule has 0 saturated carbocycles. The van der Waals surface area contributed by atoms with Crippen molar-refractivity contribution in [1.29, 1.82) is 0 Å². The van der Waals surface area contributed by atoms with Crippen molar-refractivity contribution in [2.24, 2.45) is 11.8 Å². The van der Waals surface area contributed by atoms with Gasteiger partial charge in [-0.05, 0) is 42.2 Å². The average molecular weight is 372 g/mol. The van der Waals surface area contributed by atoms with Crippen molar-refractivity contribution in [3.63, 3.8) is 0 Å². The molecule has 1 fully saturated rings. The molecule has 2 heterocycles. The average Bonchev–Trinajstić information content (AvgIpc) is 3.09. The summed E-state index contributed by atoms with van der Waals surface area (Å²) in [4.78, 5) is 27.3. The number of carbonyl (C=O) groups excluding carboxylic acids is 2. The van der Waals surface area contributed by atoms with Crippen LogP contribution in [-0.4, -0.2) is 36.5 Å². The second kappa shape index (κ2) is 8.04. The van der Waals surface area contributed by atoms with Gasteiger partial charge in [-0.1, -0.05) is 43.7 Å². The zero-order chi connectivity index (χ0) is 18.7. The molecular weight excluding hydrogens is 346 g/mol. The van der Waals surface area contributed by atoms with E-state index in [0.29, 0.717) is 16.7 Å². The van der Waals surface area contributed by atoms with Gasteiger partial charge in [-0.2, -0.15) is 0 Å². The number of hydrogen-bond acceptors (Lipinski definition) is 4. The second-order valence-corrected chi connectivity index (χ2v) is 8.27. The van der Waals surface area contributed by atoms with Crippen LogP contribution >= 0.6 is 11.3 Å². The first-order valence-electron chi connectivity index (χ1n) is 9.03. The quantitative estimate of drug-likeness (QED) is 0.749. The molecule has 0 aliphatic carbocycles. The summed E-state index contributed by atoms with van der Waals surface area (Å²) in [5.74, 6) is 0.444. The first kappa shape index (κ1) is 18.6. The molecule has 5 heteroatoms. The Labute approximate surface area is 158 Å². The summed E-state index contributed by atoms with van der Waals surface area (Å²) in [6.45, 7) is 7.63. The van der Waals surface area contributed by atoms with Crippen molar-refractivity contribution < 1.29 is 14.3 Å². The second-order valence-electron chi connectivity index (χ2n) is 7.35. The van der Waals surface area contributed by atoms with Crippen molar-refractivity contribution in [3.8, 4) is 11.1 Å². The Morgan fingerprint density at radius 1 is 1.12 bits per heavy atom. The molecular formula is C21H25NO3S. The van der Waals surface area contributed by atoms with E-state index < -0.39 is 5.97 Å². The summed E-state index contributed by atoms with van der Waals surface area (Å²) in [5, 5.41) is 1.88. The van der Waals surface area contributed by atoms with E-state index >= 15 is 0 Å². The molecule has 3 rings (SSSR count). The number of rotatable bonds is 4. The Hall–Kier alpha value is -2.14. The third-order valence-electron chi connectivity index (χ3n) is 4.76. The largest absolute Gasteiger partial charge is 0.451 e. The number of benzene rings is 1. The van der Waals surface area contributed by atoms with Crippen LogP contribution in [0.4, 0.5) is 0 Å². The number of amides is 1. The molecule has 0 bridgehead atoms. The molecule has 0 spiro atoms. The van der Waals surface area contributed by atoms with Gasteiger partial charge in [0.2, 0.25) is 0 Å². The number of piperidine rings is 1. The van der Waals surface area contributed by atoms with Gasteiger partial charge in [0.25, 0.3) is 5.91 Å². The third-order valence-corrected chi connectivity index (χ3v) is 5.66. The van der Waals surface area contributed by atoms with Gasteiger partial charge in [-0.3, -0.25) is 4.79 Å². The lowest BCUT2D eigenvalue weighted by atomic mass is 9.92. The van der Waals surface area contributed by atoms with Gasteiger partial charge in [0.1, 0.15) is 4.88 Å². The van der Waals surface area contributed by atoms with Gasteiger partial charge < -0.3 is 9.64 Å². The minimum atomic E-state index is -0.429. The molecule has 1 aromatic heterocycles. The molecule has 0 N–H and O–H groups in total. The molecule has 2 atom stereocenters. The lowest BCUT2D eigenvalue weighted by molar-refractivity contribution is -0.137. The summed E-state index contributed by atoms with van der Waals surface area (Å²) >= 11 is 1.35. The molecule has 138 valence electrons. The van der Waals surface area contributed by atoms with Gasteiger partial charge in [-0.25, -0.2) is 4.79 Å². The van der Waals surface area contributed by atoms with Gasteiger partial charge in [-0.15, -0.1) is 11.3 Å². The van der Waals surface area contributed by atoms with Crippen LogP contribution in [0.25, 0.3) is 11.1 Å². The number of thiophene rings is 1. The molecule has 0 radical (unpaired) electrons. The van der Waals surface area contributed by atoms with E-state index in [-0.39, 0.29) is 12.5 Å². The molecule has 1 aliphatic heterocycles. The number of esters is 1. The van der Waals surface area contributed by atoms with Gasteiger partial charge in [0, 0.05) is 18.7 Å². The Morgan fingerprint density at radius 2 is 1.77 bits per heavy atom. The van der Waals surface area contributed by atoms with Crippen LogP contribution in [0.1, 0.15) is 35.5 Å². The minimum absolute atomic E-state index is 0.106. The predicted molar refractivity (Wildman–Crippen MR) is 104 cm³/mol. The van der Waals surface area contributed by atoms with E-state index in [4.69, 9.17) is 4.74 Å². The van der Waals surface area contributed by atoms with Gasteiger partial charge >= 0.3 is 5.97 Å². The maximum absolute atomic E-state index is 12.5. The first-order chi connectivity index (χ1) is 12.4. The Balaban J connectivity index is 1.63. The Morgan fingerprint density at radius 3 is 2.42 bits per heavy atom. The lowest BCUT2D eigenvalue weighted by Gasteiger charge is -2.34. The number of ether oxygens (including phenoxy) is 1. The van der Waals surface area contributed by atoms with E-state index in [9.17, 15) is 9.59 Å². The zero-order valence-electron chi connectivity index (χ0n) is 15.5. The van der Waals surface area contributed by atoms with E-state index in [1.165, 1.54) is 16.9 Å². The smallest absolute Gasteiger partial charge is 0.349 e. The van der Waals surface area contributed by atoms with Crippen molar-refractivity contribution in [2.45, 2.75) is 27.2 Å². The number of aryl methyl sites for hydroxylation is 1. The van der Waals surface area contributed by atoms with Crippen LogP contribution in [0.5, 0.6) is 0 Å². The van der Waals surface area contributed by atoms with Gasteiger partial charge in [0.05, 0.1) is 0 Å². The van der Waals surface area contributed by atoms with Crippen LogP contribution in [0.3, 0.4) is 0 Å². The lowest BCUT2D eigenvalue weighted by Crippen LogP contribution is -2.44. The standard InChI is InChI=1S/C21H25NO3S/c1-14-4-6-17(7-5-14)18-8-9-26-20(18)21(24)25-13-19(23)22-11-15(2)10-16(3)12-22/h4-9,15-16H,10-13H2,1-3H3/t15-,16-/m0/s1. The highest BCUT2D eigenvalue weighted by Gasteiger charge is 2.26. The van der Waals surface area contributed by atoms with Crippen LogP contribution < -0.4 is 0 Å². The molecule has 2 aromatic rings. The number of likely N-dealkylation sites (tertiary alicyclic amines) is 1. The molecule has 26 heavy (non-hydrogen) atoms. The maximum Gasteiger partial charge on any atom is 0.349 e. The number of nitrogens with zero attached hydrogens (tertiary/aromatic N) is 1. The Bertz CT molecular complexity index is 771. The molecule has 1 saturated heterocycles. The van der Waals surface area contributed by atoms with E-state index in [1.54, 1.807) is 0 Å². The van der Waals surface area contributed by atoms with Crippen LogP contribution in [0, 0.1) is 18.8 Å². The topological polar surface area (TPSA) is 46.6 Å². The van der Waals surface area contributed by atoms with E-state index in [0.717, 1.165) is 30.6 Å². The first-order valence-corrected chi connectivity index (χ1v) is 9.91.